The monoisotopic (exact) mass is 227 g/mol. The lowest BCUT2D eigenvalue weighted by molar-refractivity contribution is -0.136. The van der Waals surface area contributed by atoms with E-state index in [0.29, 0.717) is 13.0 Å². The van der Waals surface area contributed by atoms with Crippen LogP contribution in [0.2, 0.25) is 0 Å². The van der Waals surface area contributed by atoms with Gasteiger partial charge in [-0.05, 0) is 17.9 Å². The minimum absolute atomic E-state index is 0.0217. The zero-order chi connectivity index (χ0) is 11.3. The van der Waals surface area contributed by atoms with Gasteiger partial charge < -0.3 is 10.0 Å². The van der Waals surface area contributed by atoms with Crippen molar-refractivity contribution in [1.29, 1.82) is 0 Å². The number of amides is 1. The number of carbonyl (C=O) groups excluding carboxylic acids is 1. The van der Waals surface area contributed by atoms with Crippen molar-refractivity contribution >= 4 is 17.2 Å². The van der Waals surface area contributed by atoms with Gasteiger partial charge >= 0.3 is 0 Å². The maximum absolute atomic E-state index is 11.8. The van der Waals surface area contributed by atoms with Gasteiger partial charge in [0.25, 0.3) is 0 Å². The van der Waals surface area contributed by atoms with Crippen molar-refractivity contribution in [1.82, 2.24) is 4.90 Å². The molecule has 4 heteroatoms. The minimum Gasteiger partial charge on any atom is -0.396 e. The molecule has 1 aromatic heterocycles. The Morgan fingerprint density at radius 1 is 1.67 bits per heavy atom. The fourth-order valence-corrected chi connectivity index (χ4v) is 2.16. The predicted octanol–water partition coefficient (Wildman–Crippen LogP) is 1.72. The third-order valence-corrected chi connectivity index (χ3v) is 3.27. The zero-order valence-electron chi connectivity index (χ0n) is 9.14. The smallest absolute Gasteiger partial charge is 0.228 e. The van der Waals surface area contributed by atoms with Gasteiger partial charge in [-0.1, -0.05) is 13.0 Å². The van der Waals surface area contributed by atoms with Crippen molar-refractivity contribution in [3.63, 3.8) is 0 Å². The van der Waals surface area contributed by atoms with Crippen molar-refractivity contribution in [2.45, 2.75) is 19.9 Å². The normalized spacial score (nSPS) is 12.5. The first-order chi connectivity index (χ1) is 7.19. The molecule has 0 spiro atoms. The number of aliphatic hydroxyl groups is 1. The molecule has 0 bridgehead atoms. The second-order valence-electron chi connectivity index (χ2n) is 3.56. The molecule has 0 aliphatic carbocycles. The average Bonchev–Trinajstić information content (AvgIpc) is 2.72. The fraction of sp³-hybridized carbons (Fsp3) is 0.545. The van der Waals surface area contributed by atoms with Gasteiger partial charge in [0.15, 0.2) is 0 Å². The summed E-state index contributed by atoms with van der Waals surface area (Å²) in [5, 5.41) is 11.0. The van der Waals surface area contributed by atoms with E-state index in [0.717, 1.165) is 0 Å². The van der Waals surface area contributed by atoms with Crippen LogP contribution < -0.4 is 0 Å². The number of hydrogen-bond acceptors (Lipinski definition) is 3. The SMILES string of the molecule is CCC(CO)C(=O)N(C)Cc1cccs1. The van der Waals surface area contributed by atoms with E-state index in [2.05, 4.69) is 0 Å². The largest absolute Gasteiger partial charge is 0.396 e. The van der Waals surface area contributed by atoms with Crippen LogP contribution in [0, 0.1) is 5.92 Å². The van der Waals surface area contributed by atoms with Gasteiger partial charge in [0.2, 0.25) is 5.91 Å². The number of nitrogens with zero attached hydrogens (tertiary/aromatic N) is 1. The lowest BCUT2D eigenvalue weighted by Gasteiger charge is -2.21. The van der Waals surface area contributed by atoms with Crippen molar-refractivity contribution in [2.75, 3.05) is 13.7 Å². The first-order valence-corrected chi connectivity index (χ1v) is 5.95. The molecule has 0 saturated heterocycles. The van der Waals surface area contributed by atoms with Crippen LogP contribution in [0.5, 0.6) is 0 Å². The third-order valence-electron chi connectivity index (χ3n) is 2.41. The number of aliphatic hydroxyl groups excluding tert-OH is 1. The Morgan fingerprint density at radius 2 is 2.40 bits per heavy atom. The molecule has 0 aliphatic rings. The van der Waals surface area contributed by atoms with Crippen LogP contribution in [0.1, 0.15) is 18.2 Å². The summed E-state index contributed by atoms with van der Waals surface area (Å²) in [4.78, 5) is 14.6. The first-order valence-electron chi connectivity index (χ1n) is 5.07. The summed E-state index contributed by atoms with van der Waals surface area (Å²) in [6.07, 6.45) is 0.685. The Bertz CT molecular complexity index is 294. The molecule has 0 saturated carbocycles. The van der Waals surface area contributed by atoms with Gasteiger partial charge in [0, 0.05) is 11.9 Å². The minimum atomic E-state index is -0.255. The van der Waals surface area contributed by atoms with E-state index in [1.165, 1.54) is 4.88 Å². The van der Waals surface area contributed by atoms with E-state index in [4.69, 9.17) is 5.11 Å². The van der Waals surface area contributed by atoms with Gasteiger partial charge in [-0.25, -0.2) is 0 Å². The van der Waals surface area contributed by atoms with E-state index in [9.17, 15) is 4.79 Å². The molecule has 1 aromatic rings. The number of rotatable bonds is 5. The Labute approximate surface area is 94.3 Å². The van der Waals surface area contributed by atoms with E-state index in [1.807, 2.05) is 24.4 Å². The van der Waals surface area contributed by atoms with Gasteiger partial charge in [0.05, 0.1) is 19.1 Å². The summed E-state index contributed by atoms with van der Waals surface area (Å²) >= 11 is 1.64. The highest BCUT2D eigenvalue weighted by atomic mass is 32.1. The Kier molecular flexibility index (Phi) is 4.78. The van der Waals surface area contributed by atoms with Crippen LogP contribution in [-0.2, 0) is 11.3 Å². The van der Waals surface area contributed by atoms with E-state index < -0.39 is 0 Å². The molecular formula is C11H17NO2S. The van der Waals surface area contributed by atoms with Gasteiger partial charge in [-0.2, -0.15) is 0 Å². The average molecular weight is 227 g/mol. The summed E-state index contributed by atoms with van der Waals surface area (Å²) in [5.41, 5.74) is 0. The summed E-state index contributed by atoms with van der Waals surface area (Å²) in [7, 11) is 1.78. The van der Waals surface area contributed by atoms with Crippen LogP contribution in [0.3, 0.4) is 0 Å². The molecule has 0 aromatic carbocycles. The Balaban J connectivity index is 2.53. The fourth-order valence-electron chi connectivity index (χ4n) is 1.41. The lowest BCUT2D eigenvalue weighted by Crippen LogP contribution is -2.33. The van der Waals surface area contributed by atoms with E-state index in [-0.39, 0.29) is 18.4 Å². The summed E-state index contributed by atoms with van der Waals surface area (Å²) in [5.74, 6) is -0.233. The van der Waals surface area contributed by atoms with Crippen LogP contribution in [-0.4, -0.2) is 29.6 Å². The van der Waals surface area contributed by atoms with Crippen LogP contribution in [0.25, 0.3) is 0 Å². The molecule has 15 heavy (non-hydrogen) atoms. The molecule has 0 radical (unpaired) electrons. The highest BCUT2D eigenvalue weighted by Gasteiger charge is 2.19. The zero-order valence-corrected chi connectivity index (χ0v) is 9.96. The van der Waals surface area contributed by atoms with Crippen LogP contribution in [0.15, 0.2) is 17.5 Å². The number of carbonyl (C=O) groups is 1. The summed E-state index contributed by atoms with van der Waals surface area (Å²) < 4.78 is 0. The molecule has 1 atom stereocenters. The molecule has 1 rings (SSSR count). The second-order valence-corrected chi connectivity index (χ2v) is 4.59. The molecule has 0 aliphatic heterocycles. The van der Waals surface area contributed by atoms with Crippen molar-refractivity contribution in [3.05, 3.63) is 22.4 Å². The molecule has 1 amide bonds. The number of hydrogen-bond donors (Lipinski definition) is 1. The molecule has 1 N–H and O–H groups in total. The highest BCUT2D eigenvalue weighted by molar-refractivity contribution is 7.09. The van der Waals surface area contributed by atoms with E-state index in [1.54, 1.807) is 23.3 Å². The first kappa shape index (κ1) is 12.2. The second kappa shape index (κ2) is 5.88. The molecule has 1 heterocycles. The van der Waals surface area contributed by atoms with Crippen molar-refractivity contribution < 1.29 is 9.90 Å². The Morgan fingerprint density at radius 3 is 2.87 bits per heavy atom. The summed E-state index contributed by atoms with van der Waals surface area (Å²) in [6, 6.07) is 3.98. The third kappa shape index (κ3) is 3.32. The van der Waals surface area contributed by atoms with Crippen molar-refractivity contribution in [2.24, 2.45) is 5.92 Å². The molecule has 0 fully saturated rings. The highest BCUT2D eigenvalue weighted by Crippen LogP contribution is 2.13. The van der Waals surface area contributed by atoms with Crippen LogP contribution >= 0.6 is 11.3 Å². The lowest BCUT2D eigenvalue weighted by atomic mass is 10.1. The topological polar surface area (TPSA) is 40.5 Å². The van der Waals surface area contributed by atoms with Gasteiger partial charge in [-0.3, -0.25) is 4.79 Å². The van der Waals surface area contributed by atoms with Crippen LogP contribution in [0.4, 0.5) is 0 Å². The molecular weight excluding hydrogens is 210 g/mol. The Hall–Kier alpha value is -0.870. The van der Waals surface area contributed by atoms with Gasteiger partial charge in [-0.15, -0.1) is 11.3 Å². The molecule has 1 unspecified atom stereocenters. The quantitative estimate of drug-likeness (QED) is 0.832. The van der Waals surface area contributed by atoms with Crippen molar-refractivity contribution in [3.8, 4) is 0 Å². The molecule has 3 nitrogen and oxygen atoms in total. The van der Waals surface area contributed by atoms with E-state index >= 15 is 0 Å². The standard InChI is InChI=1S/C11H17NO2S/c1-3-9(8-13)11(14)12(2)7-10-5-4-6-15-10/h4-6,9,13H,3,7-8H2,1-2H3. The molecule has 84 valence electrons. The maximum atomic E-state index is 11.8. The maximum Gasteiger partial charge on any atom is 0.228 e. The summed E-state index contributed by atoms with van der Waals surface area (Å²) in [6.45, 7) is 2.48. The van der Waals surface area contributed by atoms with Gasteiger partial charge in [0.1, 0.15) is 0 Å². The predicted molar refractivity (Wildman–Crippen MR) is 61.7 cm³/mol. The number of thiophene rings is 1.